The number of nitriles is 1. The maximum absolute atomic E-state index is 12.1. The van der Waals surface area contributed by atoms with Crippen molar-refractivity contribution < 1.29 is 8.42 Å². The van der Waals surface area contributed by atoms with Gasteiger partial charge in [0.15, 0.2) is 0 Å². The summed E-state index contributed by atoms with van der Waals surface area (Å²) in [6, 6.07) is 3.89. The average molecular weight is 255 g/mol. The molecule has 0 radical (unpaired) electrons. The third-order valence-electron chi connectivity index (χ3n) is 2.44. The lowest BCUT2D eigenvalue weighted by Gasteiger charge is -2.22. The summed E-state index contributed by atoms with van der Waals surface area (Å²) in [5, 5.41) is 8.54. The molecule has 0 saturated carbocycles. The second-order valence-electron chi connectivity index (χ2n) is 3.62. The van der Waals surface area contributed by atoms with Crippen molar-refractivity contribution in [3.8, 4) is 6.07 Å². The van der Waals surface area contributed by atoms with Gasteiger partial charge in [0.1, 0.15) is 0 Å². The van der Waals surface area contributed by atoms with Gasteiger partial charge in [-0.15, -0.1) is 0 Å². The molecule has 0 spiro atoms. The molecule has 7 heteroatoms. The van der Waals surface area contributed by atoms with Gasteiger partial charge in [0, 0.05) is 25.4 Å². The zero-order valence-corrected chi connectivity index (χ0v) is 10.4. The van der Waals surface area contributed by atoms with E-state index in [9.17, 15) is 13.2 Å². The summed E-state index contributed by atoms with van der Waals surface area (Å²) in [6.07, 6.45) is 1.26. The zero-order valence-electron chi connectivity index (χ0n) is 9.54. The van der Waals surface area contributed by atoms with Crippen molar-refractivity contribution in [2.75, 3.05) is 7.05 Å². The lowest BCUT2D eigenvalue weighted by Crippen LogP contribution is -2.35. The van der Waals surface area contributed by atoms with Crippen molar-refractivity contribution in [1.82, 2.24) is 9.29 Å². The van der Waals surface area contributed by atoms with E-state index < -0.39 is 16.1 Å². The Hall–Kier alpha value is -1.65. The SMILES string of the molecule is CC(CC#N)N(C)S(=O)(=O)c1ccc(=O)[nH]c1. The Morgan fingerprint density at radius 2 is 2.18 bits per heavy atom. The fraction of sp³-hybridized carbons (Fsp3) is 0.400. The van der Waals surface area contributed by atoms with Crippen LogP contribution in [-0.4, -0.2) is 30.8 Å². The Balaban J connectivity index is 3.07. The Kier molecular flexibility index (Phi) is 4.04. The highest BCUT2D eigenvalue weighted by molar-refractivity contribution is 7.89. The van der Waals surface area contributed by atoms with Crippen LogP contribution in [0, 0.1) is 11.3 Å². The Labute approximate surface area is 99.6 Å². The second kappa shape index (κ2) is 5.12. The molecule has 6 nitrogen and oxygen atoms in total. The number of hydrogen-bond donors (Lipinski definition) is 1. The van der Waals surface area contributed by atoms with Crippen LogP contribution in [0.3, 0.4) is 0 Å². The van der Waals surface area contributed by atoms with Crippen molar-refractivity contribution in [2.24, 2.45) is 0 Å². The van der Waals surface area contributed by atoms with Crippen molar-refractivity contribution in [1.29, 1.82) is 5.26 Å². The number of aromatic nitrogens is 1. The molecule has 1 atom stereocenters. The molecule has 0 bridgehead atoms. The van der Waals surface area contributed by atoms with Crippen LogP contribution >= 0.6 is 0 Å². The molecule has 0 amide bonds. The summed E-state index contributed by atoms with van der Waals surface area (Å²) in [5.74, 6) is 0. The number of hydrogen-bond acceptors (Lipinski definition) is 4. The minimum absolute atomic E-state index is 0.00406. The Morgan fingerprint density at radius 3 is 2.65 bits per heavy atom. The number of sulfonamides is 1. The molecule has 0 aliphatic heterocycles. The molecule has 1 unspecified atom stereocenters. The third kappa shape index (κ3) is 2.93. The standard InChI is InChI=1S/C10H13N3O3S/c1-8(5-6-11)13(2)17(15,16)9-3-4-10(14)12-7-9/h3-4,7-8H,5H2,1-2H3,(H,12,14). The van der Waals surface area contributed by atoms with Crippen LogP contribution in [0.1, 0.15) is 13.3 Å². The largest absolute Gasteiger partial charge is 0.328 e. The molecular formula is C10H13N3O3S. The van der Waals surface area contributed by atoms with Crippen molar-refractivity contribution in [2.45, 2.75) is 24.3 Å². The molecule has 0 aliphatic carbocycles. The molecule has 0 fully saturated rings. The minimum Gasteiger partial charge on any atom is -0.328 e. The van der Waals surface area contributed by atoms with E-state index in [1.54, 1.807) is 6.92 Å². The quantitative estimate of drug-likeness (QED) is 0.837. The molecule has 0 aliphatic rings. The fourth-order valence-corrected chi connectivity index (χ4v) is 2.55. The van der Waals surface area contributed by atoms with Crippen LogP contribution in [0.5, 0.6) is 0 Å². The van der Waals surface area contributed by atoms with E-state index in [0.717, 1.165) is 16.6 Å². The second-order valence-corrected chi connectivity index (χ2v) is 5.62. The number of rotatable bonds is 4. The van der Waals surface area contributed by atoms with Crippen molar-refractivity contribution in [3.05, 3.63) is 28.7 Å². The minimum atomic E-state index is -3.67. The van der Waals surface area contributed by atoms with Gasteiger partial charge in [-0.3, -0.25) is 4.79 Å². The normalized spacial score (nSPS) is 13.3. The van der Waals surface area contributed by atoms with E-state index >= 15 is 0 Å². The molecular weight excluding hydrogens is 242 g/mol. The van der Waals surface area contributed by atoms with Gasteiger partial charge in [-0.1, -0.05) is 0 Å². The van der Waals surface area contributed by atoms with Gasteiger partial charge in [-0.05, 0) is 13.0 Å². The summed E-state index contributed by atoms with van der Waals surface area (Å²) in [7, 11) is -2.26. The van der Waals surface area contributed by atoms with E-state index in [0.29, 0.717) is 0 Å². The highest BCUT2D eigenvalue weighted by Gasteiger charge is 2.25. The zero-order chi connectivity index (χ0) is 13.1. The lowest BCUT2D eigenvalue weighted by atomic mass is 10.3. The third-order valence-corrected chi connectivity index (χ3v) is 4.41. The summed E-state index contributed by atoms with van der Waals surface area (Å²) in [5.41, 5.74) is -0.364. The highest BCUT2D eigenvalue weighted by Crippen LogP contribution is 2.15. The number of H-pyrrole nitrogens is 1. The number of pyridine rings is 1. The molecule has 92 valence electrons. The summed E-state index contributed by atoms with van der Waals surface area (Å²) in [6.45, 7) is 1.65. The fourth-order valence-electron chi connectivity index (χ4n) is 1.22. The molecule has 1 aromatic rings. The van der Waals surface area contributed by atoms with Gasteiger partial charge in [-0.2, -0.15) is 9.57 Å². The van der Waals surface area contributed by atoms with Crippen LogP contribution < -0.4 is 5.56 Å². The topological polar surface area (TPSA) is 94.0 Å². The first kappa shape index (κ1) is 13.4. The first-order chi connectivity index (χ1) is 7.89. The van der Waals surface area contributed by atoms with Crippen LogP contribution in [-0.2, 0) is 10.0 Å². The smallest absolute Gasteiger partial charge is 0.247 e. The molecule has 1 aromatic heterocycles. The first-order valence-electron chi connectivity index (χ1n) is 4.93. The summed E-state index contributed by atoms with van der Waals surface area (Å²) < 4.78 is 25.2. The van der Waals surface area contributed by atoms with E-state index in [-0.39, 0.29) is 16.9 Å². The molecule has 17 heavy (non-hydrogen) atoms. The van der Waals surface area contributed by atoms with E-state index in [1.165, 1.54) is 13.1 Å². The van der Waals surface area contributed by atoms with Crippen LogP contribution in [0.4, 0.5) is 0 Å². The highest BCUT2D eigenvalue weighted by atomic mass is 32.2. The molecule has 1 heterocycles. The van der Waals surface area contributed by atoms with Crippen LogP contribution in [0.15, 0.2) is 28.0 Å². The first-order valence-corrected chi connectivity index (χ1v) is 6.37. The van der Waals surface area contributed by atoms with Gasteiger partial charge in [0.25, 0.3) is 0 Å². The summed E-state index contributed by atoms with van der Waals surface area (Å²) >= 11 is 0. The number of nitrogens with zero attached hydrogens (tertiary/aromatic N) is 2. The molecule has 0 saturated heterocycles. The molecule has 1 N–H and O–H groups in total. The Bertz CT molecular complexity index is 565. The van der Waals surface area contributed by atoms with Gasteiger partial charge in [0.2, 0.25) is 15.6 Å². The average Bonchev–Trinajstić information content (AvgIpc) is 2.29. The predicted octanol–water partition coefficient (Wildman–Crippen LogP) is 0.298. The number of nitrogens with one attached hydrogen (secondary N) is 1. The van der Waals surface area contributed by atoms with Gasteiger partial charge >= 0.3 is 0 Å². The molecule has 1 rings (SSSR count). The van der Waals surface area contributed by atoms with Crippen LogP contribution in [0.25, 0.3) is 0 Å². The van der Waals surface area contributed by atoms with Gasteiger partial charge in [0.05, 0.1) is 17.4 Å². The van der Waals surface area contributed by atoms with Crippen molar-refractivity contribution >= 4 is 10.0 Å². The van der Waals surface area contributed by atoms with E-state index in [1.807, 2.05) is 6.07 Å². The van der Waals surface area contributed by atoms with E-state index in [2.05, 4.69) is 4.98 Å². The van der Waals surface area contributed by atoms with Gasteiger partial charge < -0.3 is 4.98 Å². The Morgan fingerprint density at radius 1 is 1.53 bits per heavy atom. The maximum Gasteiger partial charge on any atom is 0.247 e. The number of aromatic amines is 1. The lowest BCUT2D eigenvalue weighted by molar-refractivity contribution is 0.393. The van der Waals surface area contributed by atoms with Crippen molar-refractivity contribution in [3.63, 3.8) is 0 Å². The predicted molar refractivity (Wildman–Crippen MR) is 61.7 cm³/mol. The maximum atomic E-state index is 12.1. The van der Waals surface area contributed by atoms with Gasteiger partial charge in [-0.25, -0.2) is 8.42 Å². The monoisotopic (exact) mass is 255 g/mol. The molecule has 0 aromatic carbocycles. The van der Waals surface area contributed by atoms with Crippen LogP contribution in [0.2, 0.25) is 0 Å². The summed E-state index contributed by atoms with van der Waals surface area (Å²) in [4.78, 5) is 13.2. The van der Waals surface area contributed by atoms with E-state index in [4.69, 9.17) is 5.26 Å².